The molecule has 33 heavy (non-hydrogen) atoms. The highest BCUT2D eigenvalue weighted by Crippen LogP contribution is 2.27. The molecule has 2 N–H and O–H groups in total. The number of anilines is 1. The largest absolute Gasteiger partial charge is 0.491 e. The average Bonchev–Trinajstić information content (AvgIpc) is 3.48. The summed E-state index contributed by atoms with van der Waals surface area (Å²) in [5.74, 6) is 1.47. The Hall–Kier alpha value is -2.33. The molecular formula is C25H33IN4O3. The van der Waals surface area contributed by atoms with E-state index in [0.717, 1.165) is 55.0 Å². The van der Waals surface area contributed by atoms with Crippen LogP contribution >= 0.6 is 24.0 Å². The third kappa shape index (κ3) is 6.60. The number of carbonyl (C=O) groups is 1. The molecule has 2 aromatic rings. The number of hydrogen-bond acceptors (Lipinski definition) is 4. The second-order valence-electron chi connectivity index (χ2n) is 8.26. The number of carbonyl (C=O) groups excluding carboxylic acids is 1. The molecule has 1 fully saturated rings. The highest BCUT2D eigenvalue weighted by molar-refractivity contribution is 14.0. The first-order valence-electron chi connectivity index (χ1n) is 11.3. The molecule has 2 aliphatic heterocycles. The molecule has 2 heterocycles. The molecule has 7 nitrogen and oxygen atoms in total. The van der Waals surface area contributed by atoms with Gasteiger partial charge in [-0.2, -0.15) is 0 Å². The molecule has 2 aliphatic rings. The SMILES string of the molecule is CN=C(NCC(=O)N1CCc2ccccc21)NCc1ccc(C)cc1OCC1CCCO1.I. The number of nitrogens with zero attached hydrogens (tertiary/aromatic N) is 2. The number of aryl methyl sites for hydroxylation is 1. The van der Waals surface area contributed by atoms with Gasteiger partial charge in [-0.1, -0.05) is 30.3 Å². The van der Waals surface area contributed by atoms with Crippen LogP contribution in [0.1, 0.15) is 29.5 Å². The fourth-order valence-electron chi connectivity index (χ4n) is 4.15. The molecule has 1 atom stereocenters. The highest BCUT2D eigenvalue weighted by atomic mass is 127. The predicted molar refractivity (Wildman–Crippen MR) is 142 cm³/mol. The first kappa shape index (κ1) is 25.3. The lowest BCUT2D eigenvalue weighted by Gasteiger charge is -2.19. The third-order valence-electron chi connectivity index (χ3n) is 5.94. The molecule has 1 amide bonds. The number of fused-ring (bicyclic) bond motifs is 1. The first-order valence-corrected chi connectivity index (χ1v) is 11.3. The number of amides is 1. The van der Waals surface area contributed by atoms with Crippen molar-refractivity contribution in [2.45, 2.75) is 38.8 Å². The Bertz CT molecular complexity index is 976. The van der Waals surface area contributed by atoms with E-state index < -0.39 is 0 Å². The Morgan fingerprint density at radius 1 is 1.24 bits per heavy atom. The molecule has 1 saturated heterocycles. The minimum absolute atomic E-state index is 0. The maximum absolute atomic E-state index is 12.8. The predicted octanol–water partition coefficient (Wildman–Crippen LogP) is 3.43. The Balaban J connectivity index is 0.00000306. The van der Waals surface area contributed by atoms with Crippen molar-refractivity contribution < 1.29 is 14.3 Å². The van der Waals surface area contributed by atoms with Crippen LogP contribution in [-0.2, 0) is 22.5 Å². The molecule has 0 radical (unpaired) electrons. The van der Waals surface area contributed by atoms with E-state index in [4.69, 9.17) is 9.47 Å². The highest BCUT2D eigenvalue weighted by Gasteiger charge is 2.24. The zero-order valence-electron chi connectivity index (χ0n) is 19.3. The van der Waals surface area contributed by atoms with Crippen LogP contribution in [-0.4, -0.2) is 51.3 Å². The smallest absolute Gasteiger partial charge is 0.246 e. The molecule has 4 rings (SSSR count). The number of aliphatic imine (C=N–C) groups is 1. The lowest BCUT2D eigenvalue weighted by molar-refractivity contribution is -0.117. The Labute approximate surface area is 213 Å². The molecule has 0 aromatic heterocycles. The number of nitrogens with one attached hydrogen (secondary N) is 2. The minimum atomic E-state index is 0. The van der Waals surface area contributed by atoms with E-state index in [9.17, 15) is 4.79 Å². The topological polar surface area (TPSA) is 75.2 Å². The molecule has 178 valence electrons. The zero-order chi connectivity index (χ0) is 22.3. The van der Waals surface area contributed by atoms with Gasteiger partial charge in [-0.3, -0.25) is 9.79 Å². The Morgan fingerprint density at radius 2 is 2.09 bits per heavy atom. The number of hydrogen-bond donors (Lipinski definition) is 2. The van der Waals surface area contributed by atoms with Crippen molar-refractivity contribution in [2.75, 3.05) is 38.3 Å². The Kier molecular flexibility index (Phi) is 9.37. The second kappa shape index (κ2) is 12.2. The fraction of sp³-hybridized carbons (Fsp3) is 0.440. The summed E-state index contributed by atoms with van der Waals surface area (Å²) in [6.45, 7) is 4.89. The van der Waals surface area contributed by atoms with Crippen molar-refractivity contribution in [3.63, 3.8) is 0 Å². The summed E-state index contributed by atoms with van der Waals surface area (Å²) in [7, 11) is 1.70. The molecule has 8 heteroatoms. The van der Waals surface area contributed by atoms with E-state index in [2.05, 4.69) is 46.8 Å². The summed E-state index contributed by atoms with van der Waals surface area (Å²) in [5.41, 5.74) is 4.42. The van der Waals surface area contributed by atoms with E-state index in [0.29, 0.717) is 19.1 Å². The van der Waals surface area contributed by atoms with Crippen LogP contribution in [0.4, 0.5) is 5.69 Å². The minimum Gasteiger partial charge on any atom is -0.491 e. The zero-order valence-corrected chi connectivity index (χ0v) is 21.6. The maximum Gasteiger partial charge on any atom is 0.246 e. The summed E-state index contributed by atoms with van der Waals surface area (Å²) >= 11 is 0. The first-order chi connectivity index (χ1) is 15.6. The van der Waals surface area contributed by atoms with Crippen molar-refractivity contribution >= 4 is 41.5 Å². The van der Waals surface area contributed by atoms with Gasteiger partial charge in [-0.25, -0.2) is 0 Å². The number of rotatable bonds is 7. The van der Waals surface area contributed by atoms with Gasteiger partial charge in [0.2, 0.25) is 5.91 Å². The van der Waals surface area contributed by atoms with Crippen LogP contribution in [0, 0.1) is 6.92 Å². The van der Waals surface area contributed by atoms with Gasteiger partial charge in [0.05, 0.1) is 12.6 Å². The number of para-hydroxylation sites is 1. The average molecular weight is 564 g/mol. The number of ether oxygens (including phenoxy) is 2. The maximum atomic E-state index is 12.8. The van der Waals surface area contributed by atoms with Crippen molar-refractivity contribution in [1.82, 2.24) is 10.6 Å². The molecule has 0 bridgehead atoms. The van der Waals surface area contributed by atoms with E-state index >= 15 is 0 Å². The van der Waals surface area contributed by atoms with Gasteiger partial charge in [-0.15, -0.1) is 24.0 Å². The van der Waals surface area contributed by atoms with Gasteiger partial charge in [0.1, 0.15) is 12.4 Å². The van der Waals surface area contributed by atoms with Crippen molar-refractivity contribution in [2.24, 2.45) is 4.99 Å². The number of benzene rings is 2. The van der Waals surface area contributed by atoms with E-state index in [1.54, 1.807) is 7.05 Å². The van der Waals surface area contributed by atoms with Crippen molar-refractivity contribution in [1.29, 1.82) is 0 Å². The molecule has 1 unspecified atom stereocenters. The summed E-state index contributed by atoms with van der Waals surface area (Å²) in [4.78, 5) is 18.9. The lowest BCUT2D eigenvalue weighted by Crippen LogP contribution is -2.44. The number of halogens is 1. The molecule has 0 spiro atoms. The van der Waals surface area contributed by atoms with Crippen molar-refractivity contribution in [3.05, 3.63) is 59.2 Å². The normalized spacial score (nSPS) is 17.3. The van der Waals surface area contributed by atoms with Crippen molar-refractivity contribution in [3.8, 4) is 5.75 Å². The molecule has 2 aromatic carbocycles. The third-order valence-corrected chi connectivity index (χ3v) is 5.94. The quantitative estimate of drug-likeness (QED) is 0.307. The van der Waals surface area contributed by atoms with Gasteiger partial charge in [0, 0.05) is 38.0 Å². The monoisotopic (exact) mass is 564 g/mol. The van der Waals surface area contributed by atoms with Crippen LogP contribution in [0.15, 0.2) is 47.5 Å². The van der Waals surface area contributed by atoms with E-state index in [-0.39, 0.29) is 42.5 Å². The number of guanidine groups is 1. The van der Waals surface area contributed by atoms with Crippen LogP contribution in [0.2, 0.25) is 0 Å². The van der Waals surface area contributed by atoms with Gasteiger partial charge in [0.25, 0.3) is 0 Å². The van der Waals surface area contributed by atoms with Gasteiger partial charge in [-0.05, 0) is 49.4 Å². The van der Waals surface area contributed by atoms with E-state index in [1.165, 1.54) is 5.56 Å². The van der Waals surface area contributed by atoms with Gasteiger partial charge >= 0.3 is 0 Å². The fourth-order valence-corrected chi connectivity index (χ4v) is 4.15. The van der Waals surface area contributed by atoms with Crippen LogP contribution < -0.4 is 20.3 Å². The summed E-state index contributed by atoms with van der Waals surface area (Å²) < 4.78 is 11.8. The molecule has 0 aliphatic carbocycles. The standard InChI is InChI=1S/C25H32N4O3.HI/c1-18-9-10-20(23(14-18)32-17-21-7-5-13-31-21)15-27-25(26-2)28-16-24(30)29-12-11-19-6-3-4-8-22(19)29;/h3-4,6,8-10,14,21H,5,7,11-13,15-17H2,1-2H3,(H2,26,27,28);1H. The van der Waals surface area contributed by atoms with E-state index in [1.807, 2.05) is 23.1 Å². The summed E-state index contributed by atoms with van der Waals surface area (Å²) in [6.07, 6.45) is 3.22. The lowest BCUT2D eigenvalue weighted by atomic mass is 10.1. The van der Waals surface area contributed by atoms with Crippen LogP contribution in [0.25, 0.3) is 0 Å². The van der Waals surface area contributed by atoms with Gasteiger partial charge in [0.15, 0.2) is 5.96 Å². The van der Waals surface area contributed by atoms with Crippen LogP contribution in [0.5, 0.6) is 5.75 Å². The van der Waals surface area contributed by atoms with Crippen LogP contribution in [0.3, 0.4) is 0 Å². The summed E-state index contributed by atoms with van der Waals surface area (Å²) in [5, 5.41) is 6.44. The molecular weight excluding hydrogens is 531 g/mol. The summed E-state index contributed by atoms with van der Waals surface area (Å²) in [6, 6.07) is 14.3. The van der Waals surface area contributed by atoms with Gasteiger partial charge < -0.3 is 25.0 Å². The molecule has 0 saturated carbocycles. The second-order valence-corrected chi connectivity index (χ2v) is 8.26. The Morgan fingerprint density at radius 3 is 2.88 bits per heavy atom.